The van der Waals surface area contributed by atoms with Crippen molar-refractivity contribution in [3.8, 4) is 11.5 Å². The third-order valence-electron chi connectivity index (χ3n) is 5.65. The molecule has 2 fully saturated rings. The van der Waals surface area contributed by atoms with Gasteiger partial charge in [-0.1, -0.05) is 6.07 Å². The average molecular weight is 347 g/mol. The minimum atomic E-state index is -0.424. The van der Waals surface area contributed by atoms with Gasteiger partial charge >= 0.3 is 0 Å². The van der Waals surface area contributed by atoms with E-state index in [0.717, 1.165) is 49.4 Å². The van der Waals surface area contributed by atoms with Gasteiger partial charge in [-0.05, 0) is 49.8 Å². The smallest absolute Gasteiger partial charge is 0.231 e. The van der Waals surface area contributed by atoms with Crippen LogP contribution in [0.5, 0.6) is 11.5 Å². The number of carbonyl (C=O) groups excluding carboxylic acids is 1. The molecule has 3 aliphatic rings. The molecule has 136 valence electrons. The first-order chi connectivity index (χ1) is 12.2. The SMILES string of the molecule is O=C(CCc1ccc2c(c1)OCO2)N1CCC2(CC1)OCCCC2O. The Morgan fingerprint density at radius 3 is 2.84 bits per heavy atom. The first-order valence-electron chi connectivity index (χ1n) is 9.15. The summed E-state index contributed by atoms with van der Waals surface area (Å²) in [5.41, 5.74) is 0.656. The molecular weight excluding hydrogens is 322 g/mol. The van der Waals surface area contributed by atoms with Crippen molar-refractivity contribution in [3.05, 3.63) is 23.8 Å². The number of fused-ring (bicyclic) bond motifs is 1. The number of amides is 1. The Balaban J connectivity index is 1.29. The molecule has 2 saturated heterocycles. The number of carbonyl (C=O) groups is 1. The summed E-state index contributed by atoms with van der Waals surface area (Å²) in [6.45, 7) is 2.31. The van der Waals surface area contributed by atoms with Gasteiger partial charge in [0.1, 0.15) is 0 Å². The molecule has 1 aromatic carbocycles. The van der Waals surface area contributed by atoms with Crippen molar-refractivity contribution in [1.82, 2.24) is 4.90 Å². The summed E-state index contributed by atoms with van der Waals surface area (Å²) in [6, 6.07) is 5.83. The van der Waals surface area contributed by atoms with E-state index in [-0.39, 0.29) is 12.7 Å². The van der Waals surface area contributed by atoms with Gasteiger partial charge in [0.05, 0.1) is 11.7 Å². The molecule has 0 aromatic heterocycles. The zero-order valence-corrected chi connectivity index (χ0v) is 14.4. The van der Waals surface area contributed by atoms with E-state index in [4.69, 9.17) is 14.2 Å². The number of rotatable bonds is 3. The molecule has 0 aliphatic carbocycles. The highest BCUT2D eigenvalue weighted by Gasteiger charge is 2.44. The Labute approximate surface area is 147 Å². The fraction of sp³-hybridized carbons (Fsp3) is 0.632. The Morgan fingerprint density at radius 2 is 2.04 bits per heavy atom. The van der Waals surface area contributed by atoms with Gasteiger partial charge in [0.2, 0.25) is 12.7 Å². The van der Waals surface area contributed by atoms with Gasteiger partial charge in [-0.15, -0.1) is 0 Å². The second-order valence-electron chi connectivity index (χ2n) is 7.14. The van der Waals surface area contributed by atoms with E-state index in [1.54, 1.807) is 0 Å². The van der Waals surface area contributed by atoms with Crippen molar-refractivity contribution < 1.29 is 24.1 Å². The lowest BCUT2D eigenvalue weighted by atomic mass is 9.82. The molecule has 1 atom stereocenters. The lowest BCUT2D eigenvalue weighted by Crippen LogP contribution is -2.56. The lowest BCUT2D eigenvalue weighted by molar-refractivity contribution is -0.179. The van der Waals surface area contributed by atoms with Crippen LogP contribution in [-0.4, -0.2) is 54.1 Å². The first kappa shape index (κ1) is 16.7. The van der Waals surface area contributed by atoms with E-state index in [1.165, 1.54) is 0 Å². The fourth-order valence-corrected chi connectivity index (χ4v) is 4.03. The number of aliphatic hydroxyl groups excluding tert-OH is 1. The highest BCUT2D eigenvalue weighted by molar-refractivity contribution is 5.76. The molecule has 1 spiro atoms. The van der Waals surface area contributed by atoms with E-state index < -0.39 is 11.7 Å². The molecule has 3 heterocycles. The molecule has 1 amide bonds. The van der Waals surface area contributed by atoms with E-state index >= 15 is 0 Å². The highest BCUT2D eigenvalue weighted by Crippen LogP contribution is 2.36. The maximum atomic E-state index is 12.5. The number of hydrogen-bond donors (Lipinski definition) is 1. The first-order valence-corrected chi connectivity index (χ1v) is 9.15. The molecule has 25 heavy (non-hydrogen) atoms. The minimum Gasteiger partial charge on any atom is -0.454 e. The van der Waals surface area contributed by atoms with Crippen LogP contribution in [0.25, 0.3) is 0 Å². The summed E-state index contributed by atoms with van der Waals surface area (Å²) in [5.74, 6) is 1.69. The van der Waals surface area contributed by atoms with Crippen molar-refractivity contribution in [2.45, 2.75) is 50.2 Å². The van der Waals surface area contributed by atoms with Crippen LogP contribution in [0.15, 0.2) is 18.2 Å². The number of hydrogen-bond acceptors (Lipinski definition) is 5. The second-order valence-corrected chi connectivity index (χ2v) is 7.14. The summed E-state index contributed by atoms with van der Waals surface area (Å²) < 4.78 is 16.6. The molecule has 1 unspecified atom stereocenters. The Morgan fingerprint density at radius 1 is 1.24 bits per heavy atom. The van der Waals surface area contributed by atoms with Crippen LogP contribution in [0.2, 0.25) is 0 Å². The zero-order valence-electron chi connectivity index (χ0n) is 14.4. The fourth-order valence-electron chi connectivity index (χ4n) is 4.03. The number of aryl methyl sites for hydroxylation is 1. The Bertz CT molecular complexity index is 639. The Hall–Kier alpha value is -1.79. The predicted molar refractivity (Wildman–Crippen MR) is 90.6 cm³/mol. The number of benzene rings is 1. The van der Waals surface area contributed by atoms with Gasteiger partial charge in [-0.25, -0.2) is 0 Å². The van der Waals surface area contributed by atoms with Crippen LogP contribution in [0, 0.1) is 0 Å². The van der Waals surface area contributed by atoms with Crippen molar-refractivity contribution in [3.63, 3.8) is 0 Å². The quantitative estimate of drug-likeness (QED) is 0.904. The summed E-state index contributed by atoms with van der Waals surface area (Å²) in [6.07, 6.45) is 3.95. The van der Waals surface area contributed by atoms with Crippen LogP contribution in [-0.2, 0) is 16.0 Å². The summed E-state index contributed by atoms with van der Waals surface area (Å²) >= 11 is 0. The predicted octanol–water partition coefficient (Wildman–Crippen LogP) is 1.88. The second kappa shape index (κ2) is 6.84. The molecule has 0 bridgehead atoms. The topological polar surface area (TPSA) is 68.2 Å². The van der Waals surface area contributed by atoms with Crippen LogP contribution in [0.4, 0.5) is 0 Å². The van der Waals surface area contributed by atoms with Crippen molar-refractivity contribution in [2.24, 2.45) is 0 Å². The van der Waals surface area contributed by atoms with Gasteiger partial charge in [-0.3, -0.25) is 4.79 Å². The molecular formula is C19H25NO5. The monoisotopic (exact) mass is 347 g/mol. The standard InChI is InChI=1S/C19H25NO5/c21-17-2-1-11-25-19(17)7-9-20(10-8-19)18(22)6-4-14-3-5-15-16(12-14)24-13-23-15/h3,5,12,17,21H,1-2,4,6-11,13H2. The summed E-state index contributed by atoms with van der Waals surface area (Å²) in [4.78, 5) is 14.4. The maximum Gasteiger partial charge on any atom is 0.231 e. The molecule has 0 saturated carbocycles. The van der Waals surface area contributed by atoms with Crippen LogP contribution < -0.4 is 9.47 Å². The van der Waals surface area contributed by atoms with Crippen LogP contribution in [0.1, 0.15) is 37.7 Å². The van der Waals surface area contributed by atoms with Crippen molar-refractivity contribution in [1.29, 1.82) is 0 Å². The van der Waals surface area contributed by atoms with Gasteiger partial charge in [0.25, 0.3) is 0 Å². The zero-order chi connectivity index (χ0) is 17.3. The summed E-state index contributed by atoms with van der Waals surface area (Å²) in [5, 5.41) is 10.3. The number of likely N-dealkylation sites (tertiary alicyclic amines) is 1. The highest BCUT2D eigenvalue weighted by atomic mass is 16.7. The van der Waals surface area contributed by atoms with E-state index in [1.807, 2.05) is 23.1 Å². The molecule has 0 radical (unpaired) electrons. The van der Waals surface area contributed by atoms with Gasteiger partial charge < -0.3 is 24.2 Å². The molecule has 3 aliphatic heterocycles. The van der Waals surface area contributed by atoms with Gasteiger partial charge in [-0.2, -0.15) is 0 Å². The molecule has 1 N–H and O–H groups in total. The molecule has 6 heteroatoms. The van der Waals surface area contributed by atoms with Crippen molar-refractivity contribution in [2.75, 3.05) is 26.5 Å². The molecule has 4 rings (SSSR count). The number of ether oxygens (including phenoxy) is 3. The number of nitrogens with zero attached hydrogens (tertiary/aromatic N) is 1. The molecule has 1 aromatic rings. The third-order valence-corrected chi connectivity index (χ3v) is 5.65. The average Bonchev–Trinajstić information content (AvgIpc) is 3.11. The van der Waals surface area contributed by atoms with E-state index in [9.17, 15) is 9.90 Å². The number of aliphatic hydroxyl groups is 1. The molecule has 6 nitrogen and oxygen atoms in total. The van der Waals surface area contributed by atoms with Crippen molar-refractivity contribution >= 4 is 5.91 Å². The lowest BCUT2D eigenvalue weighted by Gasteiger charge is -2.46. The van der Waals surface area contributed by atoms with Crippen LogP contribution >= 0.6 is 0 Å². The van der Waals surface area contributed by atoms with Crippen LogP contribution in [0.3, 0.4) is 0 Å². The largest absolute Gasteiger partial charge is 0.454 e. The van der Waals surface area contributed by atoms with E-state index in [2.05, 4.69) is 0 Å². The van der Waals surface area contributed by atoms with E-state index in [0.29, 0.717) is 25.9 Å². The minimum absolute atomic E-state index is 0.165. The number of piperidine rings is 1. The summed E-state index contributed by atoms with van der Waals surface area (Å²) in [7, 11) is 0. The van der Waals surface area contributed by atoms with Gasteiger partial charge in [0, 0.05) is 26.1 Å². The van der Waals surface area contributed by atoms with Gasteiger partial charge in [0.15, 0.2) is 11.5 Å². The Kier molecular flexibility index (Phi) is 4.56. The third kappa shape index (κ3) is 3.33. The maximum absolute atomic E-state index is 12.5. The normalized spacial score (nSPS) is 24.5.